The maximum atomic E-state index is 12.1. The molecule has 0 aromatic carbocycles. The van der Waals surface area contributed by atoms with E-state index in [0.29, 0.717) is 13.0 Å². The average Bonchev–Trinajstić information content (AvgIpc) is 2.82. The van der Waals surface area contributed by atoms with Gasteiger partial charge >= 0.3 is 0 Å². The molecule has 2 unspecified atom stereocenters. The Morgan fingerprint density at radius 2 is 2.53 bits per heavy atom. The molecule has 2 rings (SSSR count). The van der Waals surface area contributed by atoms with Gasteiger partial charge in [0.1, 0.15) is 0 Å². The van der Waals surface area contributed by atoms with Crippen LogP contribution in [0, 0.1) is 5.92 Å². The number of hydrogen-bond acceptors (Lipinski definition) is 2. The molecule has 17 heavy (non-hydrogen) atoms. The summed E-state index contributed by atoms with van der Waals surface area (Å²) >= 11 is 0. The zero-order valence-corrected chi connectivity index (χ0v) is 10.2. The molecule has 0 bridgehead atoms. The molecule has 1 fully saturated rings. The van der Waals surface area contributed by atoms with Crippen LogP contribution >= 0.6 is 0 Å². The highest BCUT2D eigenvalue weighted by atomic mass is 16.3. The molecule has 2 heterocycles. The minimum atomic E-state index is -0.323. The summed E-state index contributed by atoms with van der Waals surface area (Å²) in [6, 6.07) is 3.82. The van der Waals surface area contributed by atoms with Gasteiger partial charge in [0.25, 0.3) is 0 Å². The largest absolute Gasteiger partial charge is 0.393 e. The number of nitrogens with zero attached hydrogens (tertiary/aromatic N) is 1. The topological polar surface area (TPSA) is 56.3 Å². The summed E-state index contributed by atoms with van der Waals surface area (Å²) in [6.45, 7) is 3.32. The molecule has 4 heteroatoms. The summed E-state index contributed by atoms with van der Waals surface area (Å²) in [5.41, 5.74) is 0.953. The Bertz CT molecular complexity index is 360. The lowest BCUT2D eigenvalue weighted by Crippen LogP contribution is -2.43. The fourth-order valence-corrected chi connectivity index (χ4v) is 2.38. The number of rotatable bonds is 3. The van der Waals surface area contributed by atoms with E-state index in [1.165, 1.54) is 0 Å². The van der Waals surface area contributed by atoms with Crippen molar-refractivity contribution in [3.63, 3.8) is 0 Å². The second kappa shape index (κ2) is 5.36. The van der Waals surface area contributed by atoms with Gasteiger partial charge in [-0.05, 0) is 31.9 Å². The number of hydrogen-bond donors (Lipinski definition) is 2. The van der Waals surface area contributed by atoms with Gasteiger partial charge in [-0.15, -0.1) is 0 Å². The molecule has 1 aliphatic heterocycles. The van der Waals surface area contributed by atoms with Crippen molar-refractivity contribution in [2.75, 3.05) is 13.1 Å². The van der Waals surface area contributed by atoms with Crippen LogP contribution in [-0.4, -0.2) is 40.1 Å². The Balaban J connectivity index is 1.91. The van der Waals surface area contributed by atoms with Crippen molar-refractivity contribution in [3.8, 4) is 0 Å². The molecule has 1 aromatic rings. The van der Waals surface area contributed by atoms with Gasteiger partial charge in [0.15, 0.2) is 0 Å². The Morgan fingerprint density at radius 1 is 1.71 bits per heavy atom. The van der Waals surface area contributed by atoms with Crippen molar-refractivity contribution in [1.82, 2.24) is 9.88 Å². The van der Waals surface area contributed by atoms with Gasteiger partial charge in [-0.25, -0.2) is 0 Å². The van der Waals surface area contributed by atoms with Gasteiger partial charge in [0.2, 0.25) is 5.91 Å². The van der Waals surface area contributed by atoms with E-state index in [4.69, 9.17) is 0 Å². The van der Waals surface area contributed by atoms with Crippen molar-refractivity contribution in [2.45, 2.75) is 32.3 Å². The average molecular weight is 236 g/mol. The van der Waals surface area contributed by atoms with Crippen LogP contribution in [0.5, 0.6) is 0 Å². The van der Waals surface area contributed by atoms with E-state index in [2.05, 4.69) is 4.98 Å². The highest BCUT2D eigenvalue weighted by molar-refractivity contribution is 5.78. The zero-order chi connectivity index (χ0) is 12.3. The van der Waals surface area contributed by atoms with E-state index in [9.17, 15) is 9.90 Å². The normalized spacial score (nSPS) is 22.5. The quantitative estimate of drug-likeness (QED) is 0.828. The molecule has 0 saturated carbocycles. The number of nitrogens with one attached hydrogen (secondary N) is 1. The van der Waals surface area contributed by atoms with Gasteiger partial charge in [0.05, 0.1) is 12.5 Å². The zero-order valence-electron chi connectivity index (χ0n) is 10.2. The molecule has 1 aromatic heterocycles. The summed E-state index contributed by atoms with van der Waals surface area (Å²) in [5.74, 6) is 0.383. The maximum absolute atomic E-state index is 12.1. The SMILES string of the molecule is CC(O)C1CCCN(C(=O)Cc2ccc[nH]2)C1. The molecule has 94 valence electrons. The lowest BCUT2D eigenvalue weighted by atomic mass is 9.93. The molecule has 0 radical (unpaired) electrons. The molecule has 1 amide bonds. The number of carbonyl (C=O) groups is 1. The van der Waals surface area contributed by atoms with Crippen molar-refractivity contribution < 1.29 is 9.90 Å². The van der Waals surface area contributed by atoms with E-state index in [1.807, 2.05) is 30.2 Å². The van der Waals surface area contributed by atoms with Crippen LogP contribution in [0.3, 0.4) is 0 Å². The van der Waals surface area contributed by atoms with Gasteiger partial charge in [-0.2, -0.15) is 0 Å². The van der Waals surface area contributed by atoms with E-state index in [1.54, 1.807) is 0 Å². The third-order valence-corrected chi connectivity index (χ3v) is 3.50. The summed E-state index contributed by atoms with van der Waals surface area (Å²) in [5, 5.41) is 9.59. The first kappa shape index (κ1) is 12.2. The fraction of sp³-hybridized carbons (Fsp3) is 0.615. The molecular weight excluding hydrogens is 216 g/mol. The Labute approximate surface area is 102 Å². The smallest absolute Gasteiger partial charge is 0.228 e. The first-order chi connectivity index (χ1) is 8.16. The highest BCUT2D eigenvalue weighted by Gasteiger charge is 2.26. The molecule has 2 atom stereocenters. The lowest BCUT2D eigenvalue weighted by Gasteiger charge is -2.34. The second-order valence-corrected chi connectivity index (χ2v) is 4.85. The van der Waals surface area contributed by atoms with E-state index < -0.39 is 0 Å². The molecule has 0 spiro atoms. The van der Waals surface area contributed by atoms with Crippen LogP contribution in [0.25, 0.3) is 0 Å². The lowest BCUT2D eigenvalue weighted by molar-refractivity contribution is -0.133. The molecule has 2 N–H and O–H groups in total. The van der Waals surface area contributed by atoms with Crippen molar-refractivity contribution in [1.29, 1.82) is 0 Å². The first-order valence-corrected chi connectivity index (χ1v) is 6.25. The van der Waals surface area contributed by atoms with Crippen molar-refractivity contribution in [2.24, 2.45) is 5.92 Å². The third kappa shape index (κ3) is 3.09. The van der Waals surface area contributed by atoms with Crippen LogP contribution in [0.1, 0.15) is 25.5 Å². The highest BCUT2D eigenvalue weighted by Crippen LogP contribution is 2.20. The number of likely N-dealkylation sites (tertiary alicyclic amines) is 1. The van der Waals surface area contributed by atoms with Crippen LogP contribution in [0.15, 0.2) is 18.3 Å². The Hall–Kier alpha value is -1.29. The molecule has 1 aliphatic rings. The monoisotopic (exact) mass is 236 g/mol. The molecule has 0 aliphatic carbocycles. The summed E-state index contributed by atoms with van der Waals surface area (Å²) < 4.78 is 0. The minimum Gasteiger partial charge on any atom is -0.393 e. The Kier molecular flexibility index (Phi) is 3.84. The number of amides is 1. The van der Waals surface area contributed by atoms with Gasteiger partial charge < -0.3 is 15.0 Å². The number of aromatic nitrogens is 1. The van der Waals surface area contributed by atoms with E-state index >= 15 is 0 Å². The van der Waals surface area contributed by atoms with Gasteiger partial charge in [-0.3, -0.25) is 4.79 Å². The van der Waals surface area contributed by atoms with Crippen molar-refractivity contribution >= 4 is 5.91 Å². The third-order valence-electron chi connectivity index (χ3n) is 3.50. The number of piperidine rings is 1. The number of aromatic amines is 1. The van der Waals surface area contributed by atoms with E-state index in [-0.39, 0.29) is 17.9 Å². The van der Waals surface area contributed by atoms with E-state index in [0.717, 1.165) is 25.1 Å². The molecule has 4 nitrogen and oxygen atoms in total. The molecular formula is C13H20N2O2. The number of H-pyrrole nitrogens is 1. The Morgan fingerprint density at radius 3 is 3.18 bits per heavy atom. The van der Waals surface area contributed by atoms with Gasteiger partial charge in [-0.1, -0.05) is 0 Å². The predicted molar refractivity (Wildman–Crippen MR) is 65.5 cm³/mol. The van der Waals surface area contributed by atoms with Crippen LogP contribution in [0.2, 0.25) is 0 Å². The van der Waals surface area contributed by atoms with Crippen LogP contribution in [-0.2, 0) is 11.2 Å². The maximum Gasteiger partial charge on any atom is 0.228 e. The van der Waals surface area contributed by atoms with Crippen LogP contribution in [0.4, 0.5) is 0 Å². The van der Waals surface area contributed by atoms with Crippen molar-refractivity contribution in [3.05, 3.63) is 24.0 Å². The summed E-state index contributed by atoms with van der Waals surface area (Å²) in [4.78, 5) is 17.0. The first-order valence-electron chi connectivity index (χ1n) is 6.25. The number of carbonyl (C=O) groups excluding carboxylic acids is 1. The van der Waals surface area contributed by atoms with Crippen LogP contribution < -0.4 is 0 Å². The molecule has 1 saturated heterocycles. The number of aliphatic hydroxyl groups is 1. The predicted octanol–water partition coefficient (Wildman–Crippen LogP) is 1.18. The fourth-order valence-electron chi connectivity index (χ4n) is 2.38. The van der Waals surface area contributed by atoms with Gasteiger partial charge in [0, 0.05) is 30.9 Å². The standard InChI is InChI=1S/C13H20N2O2/c1-10(16)11-4-3-7-15(9-11)13(17)8-12-5-2-6-14-12/h2,5-6,10-11,14,16H,3-4,7-9H2,1H3. The summed E-state index contributed by atoms with van der Waals surface area (Å²) in [6.07, 6.45) is 3.95. The summed E-state index contributed by atoms with van der Waals surface area (Å²) in [7, 11) is 0. The minimum absolute atomic E-state index is 0.151. The second-order valence-electron chi connectivity index (χ2n) is 4.85. The number of aliphatic hydroxyl groups excluding tert-OH is 1.